The van der Waals surface area contributed by atoms with E-state index in [0.717, 1.165) is 44.5 Å². The molecule has 2 aromatic rings. The summed E-state index contributed by atoms with van der Waals surface area (Å²) in [6, 6.07) is 10.6. The van der Waals surface area contributed by atoms with Gasteiger partial charge in [-0.2, -0.15) is 4.98 Å². The Morgan fingerprint density at radius 2 is 1.78 bits per heavy atom. The molecule has 122 valence electrons. The van der Waals surface area contributed by atoms with E-state index in [1.54, 1.807) is 0 Å². The second-order valence-corrected chi connectivity index (χ2v) is 6.30. The fraction of sp³-hybridized carbons (Fsp3) is 0.444. The number of piperazine rings is 1. The number of nitrogens with zero attached hydrogens (tertiary/aromatic N) is 5. The lowest BCUT2D eigenvalue weighted by molar-refractivity contribution is 0.248. The van der Waals surface area contributed by atoms with Crippen molar-refractivity contribution in [1.29, 1.82) is 0 Å². The Kier molecular flexibility index (Phi) is 4.76. The van der Waals surface area contributed by atoms with Crippen LogP contribution in [0.1, 0.15) is 11.1 Å². The summed E-state index contributed by atoms with van der Waals surface area (Å²) in [7, 11) is 4.01. The Bertz CT molecular complexity index is 647. The van der Waals surface area contributed by atoms with E-state index in [1.165, 1.54) is 11.1 Å². The molecule has 1 saturated heterocycles. The van der Waals surface area contributed by atoms with E-state index in [2.05, 4.69) is 51.0 Å². The Morgan fingerprint density at radius 3 is 2.48 bits per heavy atom. The molecule has 0 aliphatic carbocycles. The molecule has 0 saturated carbocycles. The van der Waals surface area contributed by atoms with Crippen molar-refractivity contribution in [1.82, 2.24) is 14.9 Å². The van der Waals surface area contributed by atoms with Crippen molar-refractivity contribution >= 4 is 11.8 Å². The Labute approximate surface area is 138 Å². The highest BCUT2D eigenvalue weighted by Gasteiger charge is 2.19. The maximum absolute atomic E-state index is 4.64. The van der Waals surface area contributed by atoms with Crippen LogP contribution in [0.4, 0.5) is 11.8 Å². The number of hydrogen-bond acceptors (Lipinski definition) is 5. The molecule has 3 rings (SSSR count). The molecule has 0 spiro atoms. The molecule has 5 nitrogen and oxygen atoms in total. The highest BCUT2D eigenvalue weighted by molar-refractivity contribution is 5.42. The average molecular weight is 311 g/mol. The molecular weight excluding hydrogens is 286 g/mol. The summed E-state index contributed by atoms with van der Waals surface area (Å²) in [6.45, 7) is 7.25. The van der Waals surface area contributed by atoms with Gasteiger partial charge in [0.25, 0.3) is 0 Å². The van der Waals surface area contributed by atoms with Gasteiger partial charge < -0.3 is 9.80 Å². The lowest BCUT2D eigenvalue weighted by Gasteiger charge is -2.35. The summed E-state index contributed by atoms with van der Waals surface area (Å²) in [4.78, 5) is 15.9. The number of rotatable bonds is 4. The van der Waals surface area contributed by atoms with Crippen LogP contribution in [0.3, 0.4) is 0 Å². The molecule has 0 N–H and O–H groups in total. The Balaban J connectivity index is 1.60. The van der Waals surface area contributed by atoms with Crippen molar-refractivity contribution in [3.63, 3.8) is 0 Å². The third-order valence-electron chi connectivity index (χ3n) is 4.40. The van der Waals surface area contributed by atoms with Crippen molar-refractivity contribution in [2.75, 3.05) is 50.1 Å². The van der Waals surface area contributed by atoms with Crippen LogP contribution in [0, 0.1) is 6.92 Å². The number of aryl methyl sites for hydroxylation is 1. The first-order chi connectivity index (χ1) is 11.1. The maximum Gasteiger partial charge on any atom is 0.227 e. The van der Waals surface area contributed by atoms with Gasteiger partial charge in [0, 0.05) is 53.0 Å². The number of anilines is 2. The molecule has 0 amide bonds. The second kappa shape index (κ2) is 6.96. The normalized spacial score (nSPS) is 15.7. The first-order valence-corrected chi connectivity index (χ1v) is 8.15. The van der Waals surface area contributed by atoms with E-state index in [1.807, 2.05) is 31.3 Å². The fourth-order valence-corrected chi connectivity index (χ4v) is 2.88. The second-order valence-electron chi connectivity index (χ2n) is 6.30. The zero-order valence-electron chi connectivity index (χ0n) is 14.2. The van der Waals surface area contributed by atoms with Crippen LogP contribution in [-0.2, 0) is 6.54 Å². The minimum Gasteiger partial charge on any atom is -0.363 e. The van der Waals surface area contributed by atoms with Crippen molar-refractivity contribution in [2.45, 2.75) is 13.5 Å². The highest BCUT2D eigenvalue weighted by Crippen LogP contribution is 2.17. The first-order valence-electron chi connectivity index (χ1n) is 8.15. The molecular formula is C18H25N5. The standard InChI is InChI=1S/C18H25N5/c1-15-6-4-5-7-16(15)14-22-10-12-23(13-11-22)18-19-9-8-17(20-18)21(2)3/h4-9H,10-14H2,1-3H3. The molecule has 1 aliphatic heterocycles. The third kappa shape index (κ3) is 3.79. The van der Waals surface area contributed by atoms with Crippen molar-refractivity contribution < 1.29 is 0 Å². The van der Waals surface area contributed by atoms with Crippen LogP contribution in [0.5, 0.6) is 0 Å². The molecule has 0 unspecified atom stereocenters. The van der Waals surface area contributed by atoms with Gasteiger partial charge in [-0.3, -0.25) is 4.90 Å². The molecule has 5 heteroatoms. The Hall–Kier alpha value is -2.14. The summed E-state index contributed by atoms with van der Waals surface area (Å²) < 4.78 is 0. The van der Waals surface area contributed by atoms with Crippen LogP contribution < -0.4 is 9.80 Å². The van der Waals surface area contributed by atoms with Gasteiger partial charge in [-0.05, 0) is 24.1 Å². The third-order valence-corrected chi connectivity index (χ3v) is 4.40. The molecule has 0 radical (unpaired) electrons. The van der Waals surface area contributed by atoms with E-state index in [9.17, 15) is 0 Å². The van der Waals surface area contributed by atoms with Gasteiger partial charge in [0.15, 0.2) is 0 Å². The van der Waals surface area contributed by atoms with Gasteiger partial charge >= 0.3 is 0 Å². The monoisotopic (exact) mass is 311 g/mol. The van der Waals surface area contributed by atoms with Gasteiger partial charge in [0.05, 0.1) is 0 Å². The fourth-order valence-electron chi connectivity index (χ4n) is 2.88. The first kappa shape index (κ1) is 15.7. The van der Waals surface area contributed by atoms with Crippen molar-refractivity contribution in [3.05, 3.63) is 47.7 Å². The van der Waals surface area contributed by atoms with Gasteiger partial charge in [0.2, 0.25) is 5.95 Å². The molecule has 0 bridgehead atoms. The summed E-state index contributed by atoms with van der Waals surface area (Å²) in [5.74, 6) is 1.80. The van der Waals surface area contributed by atoms with Crippen LogP contribution in [-0.4, -0.2) is 55.1 Å². The van der Waals surface area contributed by atoms with Crippen LogP contribution >= 0.6 is 0 Å². The lowest BCUT2D eigenvalue weighted by Crippen LogP contribution is -2.46. The SMILES string of the molecule is Cc1ccccc1CN1CCN(c2nccc(N(C)C)n2)CC1. The minimum absolute atomic E-state index is 0.840. The Morgan fingerprint density at radius 1 is 1.04 bits per heavy atom. The smallest absolute Gasteiger partial charge is 0.227 e. The van der Waals surface area contributed by atoms with Crippen LogP contribution in [0.15, 0.2) is 36.5 Å². The molecule has 1 aromatic heterocycles. The van der Waals surface area contributed by atoms with Crippen molar-refractivity contribution in [2.24, 2.45) is 0 Å². The average Bonchev–Trinajstić information content (AvgIpc) is 2.58. The van der Waals surface area contributed by atoms with E-state index in [0.29, 0.717) is 0 Å². The zero-order valence-corrected chi connectivity index (χ0v) is 14.2. The van der Waals surface area contributed by atoms with Gasteiger partial charge in [-0.15, -0.1) is 0 Å². The van der Waals surface area contributed by atoms with E-state index in [-0.39, 0.29) is 0 Å². The molecule has 1 aromatic carbocycles. The highest BCUT2D eigenvalue weighted by atomic mass is 15.3. The number of hydrogen-bond donors (Lipinski definition) is 0. The van der Waals surface area contributed by atoms with Crippen LogP contribution in [0.2, 0.25) is 0 Å². The molecule has 1 fully saturated rings. The topological polar surface area (TPSA) is 35.5 Å². The predicted molar refractivity (Wildman–Crippen MR) is 95.0 cm³/mol. The zero-order chi connectivity index (χ0) is 16.2. The summed E-state index contributed by atoms with van der Waals surface area (Å²) in [5, 5.41) is 0. The molecule has 0 atom stereocenters. The van der Waals surface area contributed by atoms with Crippen molar-refractivity contribution in [3.8, 4) is 0 Å². The lowest BCUT2D eigenvalue weighted by atomic mass is 10.1. The summed E-state index contributed by atoms with van der Waals surface area (Å²) >= 11 is 0. The molecule has 2 heterocycles. The summed E-state index contributed by atoms with van der Waals surface area (Å²) in [5.41, 5.74) is 2.80. The number of aromatic nitrogens is 2. The van der Waals surface area contributed by atoms with Gasteiger partial charge in [-0.1, -0.05) is 24.3 Å². The van der Waals surface area contributed by atoms with E-state index in [4.69, 9.17) is 0 Å². The minimum atomic E-state index is 0.840. The van der Waals surface area contributed by atoms with Crippen LogP contribution in [0.25, 0.3) is 0 Å². The quantitative estimate of drug-likeness (QED) is 0.865. The van der Waals surface area contributed by atoms with E-state index >= 15 is 0 Å². The van der Waals surface area contributed by atoms with E-state index < -0.39 is 0 Å². The largest absolute Gasteiger partial charge is 0.363 e. The predicted octanol–water partition coefficient (Wildman–Crippen LogP) is 2.17. The van der Waals surface area contributed by atoms with Gasteiger partial charge in [0.1, 0.15) is 5.82 Å². The summed E-state index contributed by atoms with van der Waals surface area (Å²) in [6.07, 6.45) is 1.84. The molecule has 1 aliphatic rings. The molecule has 23 heavy (non-hydrogen) atoms. The number of benzene rings is 1. The maximum atomic E-state index is 4.64. The van der Waals surface area contributed by atoms with Gasteiger partial charge in [-0.25, -0.2) is 4.98 Å².